The number of para-hydroxylation sites is 3. The van der Waals surface area contributed by atoms with Gasteiger partial charge in [0.25, 0.3) is 0 Å². The first kappa shape index (κ1) is 34.4. The maximum Gasteiger partial charge on any atom is 0.164 e. The molecule has 276 valence electrons. The highest BCUT2D eigenvalue weighted by molar-refractivity contribution is 6.12. The van der Waals surface area contributed by atoms with E-state index in [2.05, 4.69) is 182 Å². The van der Waals surface area contributed by atoms with Crippen LogP contribution < -0.4 is 9.80 Å². The fraction of sp³-hybridized carbons (Fsp3) is 0.120. The molecule has 0 unspecified atom stereocenters. The topological polar surface area (TPSA) is 63.0 Å². The van der Waals surface area contributed by atoms with Crippen molar-refractivity contribution in [3.8, 4) is 51.1 Å². The Morgan fingerprint density at radius 2 is 1.16 bits per heavy atom. The van der Waals surface area contributed by atoms with Gasteiger partial charge in [-0.2, -0.15) is 0 Å². The molecule has 0 atom stereocenters. The summed E-state index contributed by atoms with van der Waals surface area (Å²) >= 11 is 0. The van der Waals surface area contributed by atoms with Crippen molar-refractivity contribution in [2.24, 2.45) is 0 Å². The van der Waals surface area contributed by atoms with E-state index < -0.39 is 0 Å². The molecule has 0 N–H and O–H groups in total. The fourth-order valence-corrected chi connectivity index (χ4v) is 8.07. The average molecular weight is 740 g/mol. The van der Waals surface area contributed by atoms with Crippen LogP contribution in [0.1, 0.15) is 26.3 Å². The lowest BCUT2D eigenvalue weighted by Gasteiger charge is -2.20. The SMILES string of the molecule is CN1CN(c2cccc(-c3nc(-c4ccccc4)nc(-c4cc5c(cc4-c4ccccc4)c4ccccc4n5-c4cc(C(C)(C)C)ccn4)n3)c2)c2ccccc21. The molecule has 1 aliphatic rings. The number of fused-ring (bicyclic) bond motifs is 4. The van der Waals surface area contributed by atoms with Gasteiger partial charge in [0.05, 0.1) is 29.1 Å². The Kier molecular flexibility index (Phi) is 8.18. The summed E-state index contributed by atoms with van der Waals surface area (Å²) in [6.07, 6.45) is 1.92. The van der Waals surface area contributed by atoms with Crippen molar-refractivity contribution < 1.29 is 0 Å². The molecule has 57 heavy (non-hydrogen) atoms. The molecule has 0 fully saturated rings. The van der Waals surface area contributed by atoms with Crippen LogP contribution in [0.15, 0.2) is 164 Å². The van der Waals surface area contributed by atoms with E-state index in [4.69, 9.17) is 19.9 Å². The normalized spacial score (nSPS) is 12.8. The summed E-state index contributed by atoms with van der Waals surface area (Å²) < 4.78 is 2.28. The Morgan fingerprint density at radius 3 is 1.93 bits per heavy atom. The Hall–Kier alpha value is -7.12. The lowest BCUT2D eigenvalue weighted by molar-refractivity contribution is 0.588. The van der Waals surface area contributed by atoms with Gasteiger partial charge in [-0.25, -0.2) is 19.9 Å². The highest BCUT2D eigenvalue weighted by Gasteiger charge is 2.25. The minimum atomic E-state index is -0.0391. The molecular formula is C50H41N7. The van der Waals surface area contributed by atoms with E-state index in [1.807, 2.05) is 24.4 Å². The largest absolute Gasteiger partial charge is 0.355 e. The number of anilines is 3. The number of aromatic nitrogens is 5. The molecule has 7 nitrogen and oxygen atoms in total. The third-order valence-electron chi connectivity index (χ3n) is 11.0. The van der Waals surface area contributed by atoms with E-state index >= 15 is 0 Å². The van der Waals surface area contributed by atoms with Crippen LogP contribution in [0, 0.1) is 0 Å². The molecule has 9 aromatic rings. The predicted molar refractivity (Wildman–Crippen MR) is 234 cm³/mol. The molecule has 0 saturated heterocycles. The zero-order valence-electron chi connectivity index (χ0n) is 32.4. The van der Waals surface area contributed by atoms with Gasteiger partial charge in [0, 0.05) is 46.4 Å². The van der Waals surface area contributed by atoms with E-state index in [1.165, 1.54) is 16.9 Å². The van der Waals surface area contributed by atoms with Crippen molar-refractivity contribution in [1.82, 2.24) is 24.5 Å². The van der Waals surface area contributed by atoms with E-state index in [0.717, 1.165) is 67.8 Å². The standard InChI is InChI=1S/C50H41N7/c1-50(2,3)36-26-27-51-46(29-36)57-42-23-12-11-22-38(42)40-30-39(33-16-7-5-8-17-33)41(31-45(40)57)49-53-47(34-18-9-6-10-19-34)52-48(54-49)35-20-15-21-37(28-35)56-32-55(4)43-24-13-14-25-44(43)56/h5-31H,32H2,1-4H3. The van der Waals surface area contributed by atoms with Crippen LogP contribution >= 0.6 is 0 Å². The van der Waals surface area contributed by atoms with Gasteiger partial charge >= 0.3 is 0 Å². The highest BCUT2D eigenvalue weighted by Crippen LogP contribution is 2.42. The van der Waals surface area contributed by atoms with Gasteiger partial charge in [0.2, 0.25) is 0 Å². The quantitative estimate of drug-likeness (QED) is 0.169. The van der Waals surface area contributed by atoms with Gasteiger partial charge in [-0.3, -0.25) is 4.57 Å². The van der Waals surface area contributed by atoms with Gasteiger partial charge in [-0.1, -0.05) is 124 Å². The second kappa shape index (κ2) is 13.6. The lowest BCUT2D eigenvalue weighted by atomic mass is 9.88. The summed E-state index contributed by atoms with van der Waals surface area (Å²) in [5, 5.41) is 2.30. The van der Waals surface area contributed by atoms with Crippen LogP contribution in [-0.4, -0.2) is 38.2 Å². The Balaban J connectivity index is 1.23. The molecule has 0 saturated carbocycles. The number of hydrogen-bond acceptors (Lipinski definition) is 6. The van der Waals surface area contributed by atoms with Gasteiger partial charge in [0.1, 0.15) is 5.82 Å². The van der Waals surface area contributed by atoms with Crippen molar-refractivity contribution in [3.63, 3.8) is 0 Å². The molecule has 3 aromatic heterocycles. The van der Waals surface area contributed by atoms with Crippen LogP contribution in [0.3, 0.4) is 0 Å². The minimum absolute atomic E-state index is 0.0391. The molecule has 0 amide bonds. The van der Waals surface area contributed by atoms with E-state index in [1.54, 1.807) is 0 Å². The van der Waals surface area contributed by atoms with Gasteiger partial charge in [0.15, 0.2) is 17.5 Å². The molecule has 0 bridgehead atoms. The first-order valence-electron chi connectivity index (χ1n) is 19.4. The van der Waals surface area contributed by atoms with Crippen LogP contribution in [0.25, 0.3) is 72.9 Å². The smallest absolute Gasteiger partial charge is 0.164 e. The monoisotopic (exact) mass is 739 g/mol. The van der Waals surface area contributed by atoms with E-state index in [0.29, 0.717) is 17.5 Å². The zero-order chi connectivity index (χ0) is 38.7. The van der Waals surface area contributed by atoms with Crippen molar-refractivity contribution in [1.29, 1.82) is 0 Å². The molecule has 0 aliphatic carbocycles. The maximum absolute atomic E-state index is 5.35. The molecule has 1 aliphatic heterocycles. The first-order chi connectivity index (χ1) is 27.8. The van der Waals surface area contributed by atoms with E-state index in [9.17, 15) is 0 Å². The minimum Gasteiger partial charge on any atom is -0.355 e. The zero-order valence-corrected chi connectivity index (χ0v) is 32.4. The van der Waals surface area contributed by atoms with Crippen molar-refractivity contribution in [3.05, 3.63) is 169 Å². The van der Waals surface area contributed by atoms with Gasteiger partial charge in [-0.15, -0.1) is 0 Å². The number of nitrogens with zero attached hydrogens (tertiary/aromatic N) is 7. The third kappa shape index (κ3) is 6.08. The lowest BCUT2D eigenvalue weighted by Crippen LogP contribution is -2.23. The van der Waals surface area contributed by atoms with Crippen molar-refractivity contribution in [2.45, 2.75) is 26.2 Å². The summed E-state index contributed by atoms with van der Waals surface area (Å²) in [4.78, 5) is 25.3. The molecular weight excluding hydrogens is 699 g/mol. The number of rotatable bonds is 6. The first-order valence-corrected chi connectivity index (χ1v) is 19.4. The second-order valence-electron chi connectivity index (χ2n) is 15.8. The van der Waals surface area contributed by atoms with Gasteiger partial charge in [-0.05, 0) is 76.7 Å². The van der Waals surface area contributed by atoms with Crippen LogP contribution in [-0.2, 0) is 5.41 Å². The number of benzene rings is 6. The fourth-order valence-electron chi connectivity index (χ4n) is 8.07. The van der Waals surface area contributed by atoms with Crippen LogP contribution in [0.4, 0.5) is 17.1 Å². The van der Waals surface area contributed by atoms with E-state index in [-0.39, 0.29) is 5.41 Å². The second-order valence-corrected chi connectivity index (χ2v) is 15.8. The Morgan fingerprint density at radius 1 is 0.509 bits per heavy atom. The summed E-state index contributed by atoms with van der Waals surface area (Å²) in [5.41, 5.74) is 11.7. The molecule has 0 spiro atoms. The number of pyridine rings is 1. The third-order valence-corrected chi connectivity index (χ3v) is 11.0. The van der Waals surface area contributed by atoms with Crippen LogP contribution in [0.5, 0.6) is 0 Å². The highest BCUT2D eigenvalue weighted by atomic mass is 15.4. The molecule has 6 aromatic carbocycles. The van der Waals surface area contributed by atoms with Crippen molar-refractivity contribution >= 4 is 38.9 Å². The van der Waals surface area contributed by atoms with Crippen LogP contribution in [0.2, 0.25) is 0 Å². The van der Waals surface area contributed by atoms with Gasteiger partial charge < -0.3 is 9.80 Å². The molecule has 10 rings (SSSR count). The summed E-state index contributed by atoms with van der Waals surface area (Å²) in [7, 11) is 2.13. The molecule has 7 heteroatoms. The van der Waals surface area contributed by atoms with Crippen molar-refractivity contribution in [2.75, 3.05) is 23.5 Å². The number of hydrogen-bond donors (Lipinski definition) is 0. The molecule has 4 heterocycles. The Labute approximate surface area is 332 Å². The molecule has 0 radical (unpaired) electrons. The maximum atomic E-state index is 5.35. The summed E-state index contributed by atoms with van der Waals surface area (Å²) in [6.45, 7) is 7.47. The predicted octanol–water partition coefficient (Wildman–Crippen LogP) is 11.9. The summed E-state index contributed by atoms with van der Waals surface area (Å²) in [6, 6.07) is 55.3. The summed E-state index contributed by atoms with van der Waals surface area (Å²) in [5.74, 6) is 2.70. The Bertz CT molecular complexity index is 2950. The average Bonchev–Trinajstić information content (AvgIpc) is 3.77.